The molecule has 1 aromatic carbocycles. The summed E-state index contributed by atoms with van der Waals surface area (Å²) in [6.07, 6.45) is 2.84. The number of ether oxygens (including phenoxy) is 2. The number of methoxy groups -OCH3 is 2. The van der Waals surface area contributed by atoms with Gasteiger partial charge in [0.25, 0.3) is 0 Å². The first kappa shape index (κ1) is 12.5. The molecule has 0 radical (unpaired) electrons. The molecule has 1 heterocycles. The first-order valence-corrected chi connectivity index (χ1v) is 6.05. The lowest BCUT2D eigenvalue weighted by Gasteiger charge is -2.13. The Balaban J connectivity index is 2.57. The van der Waals surface area contributed by atoms with Crippen LogP contribution >= 0.6 is 0 Å². The SMILES string of the molecule is CCCNc1nccc2c(OC)c(OC)ccc12. The number of anilines is 1. The Bertz CT molecular complexity index is 541. The first-order valence-electron chi connectivity index (χ1n) is 6.05. The first-order chi connectivity index (χ1) is 8.81. The number of hydrogen-bond acceptors (Lipinski definition) is 4. The third kappa shape index (κ3) is 2.18. The molecule has 0 fully saturated rings. The van der Waals surface area contributed by atoms with Gasteiger partial charge in [0.15, 0.2) is 11.5 Å². The summed E-state index contributed by atoms with van der Waals surface area (Å²) < 4.78 is 10.7. The lowest BCUT2D eigenvalue weighted by molar-refractivity contribution is 0.358. The van der Waals surface area contributed by atoms with Gasteiger partial charge in [-0.25, -0.2) is 4.98 Å². The van der Waals surface area contributed by atoms with E-state index >= 15 is 0 Å². The number of rotatable bonds is 5. The standard InChI is InChI=1S/C14H18N2O2/c1-4-8-15-14-11-5-6-12(17-2)13(18-3)10(11)7-9-16-14/h5-7,9H,4,8H2,1-3H3,(H,15,16). The second-order valence-corrected chi connectivity index (χ2v) is 3.98. The van der Waals surface area contributed by atoms with Crippen LogP contribution in [-0.2, 0) is 0 Å². The molecule has 0 bridgehead atoms. The molecule has 0 aliphatic heterocycles. The van der Waals surface area contributed by atoms with Crippen LogP contribution < -0.4 is 14.8 Å². The molecule has 1 aromatic heterocycles. The average Bonchev–Trinajstić information content (AvgIpc) is 2.43. The lowest BCUT2D eigenvalue weighted by atomic mass is 10.1. The average molecular weight is 246 g/mol. The van der Waals surface area contributed by atoms with Gasteiger partial charge in [0, 0.05) is 23.5 Å². The van der Waals surface area contributed by atoms with Gasteiger partial charge in [-0.05, 0) is 24.6 Å². The Hall–Kier alpha value is -1.97. The summed E-state index contributed by atoms with van der Waals surface area (Å²) in [6.45, 7) is 3.03. The maximum Gasteiger partial charge on any atom is 0.168 e. The van der Waals surface area contributed by atoms with Gasteiger partial charge in [-0.15, -0.1) is 0 Å². The molecule has 0 aliphatic carbocycles. The second kappa shape index (κ2) is 5.58. The van der Waals surface area contributed by atoms with Gasteiger partial charge < -0.3 is 14.8 Å². The van der Waals surface area contributed by atoms with Gasteiger partial charge >= 0.3 is 0 Å². The summed E-state index contributed by atoms with van der Waals surface area (Å²) in [5, 5.41) is 5.37. The van der Waals surface area contributed by atoms with E-state index in [9.17, 15) is 0 Å². The highest BCUT2D eigenvalue weighted by Gasteiger charge is 2.11. The molecule has 2 rings (SSSR count). The fourth-order valence-electron chi connectivity index (χ4n) is 1.96. The predicted octanol–water partition coefficient (Wildman–Crippen LogP) is 3.07. The van der Waals surface area contributed by atoms with E-state index in [0.717, 1.165) is 41.1 Å². The topological polar surface area (TPSA) is 43.4 Å². The van der Waals surface area contributed by atoms with Crippen molar-refractivity contribution >= 4 is 16.6 Å². The Kier molecular flexibility index (Phi) is 3.87. The van der Waals surface area contributed by atoms with Crippen LogP contribution in [0.2, 0.25) is 0 Å². The van der Waals surface area contributed by atoms with Gasteiger partial charge in [-0.3, -0.25) is 0 Å². The molecule has 0 spiro atoms. The molecular formula is C14H18N2O2. The number of hydrogen-bond donors (Lipinski definition) is 1. The Labute approximate surface area is 107 Å². The predicted molar refractivity (Wildman–Crippen MR) is 73.6 cm³/mol. The van der Waals surface area contributed by atoms with Crippen LogP contribution in [0.15, 0.2) is 24.4 Å². The minimum Gasteiger partial charge on any atom is -0.493 e. The van der Waals surface area contributed by atoms with Crippen LogP contribution in [0.4, 0.5) is 5.82 Å². The molecular weight excluding hydrogens is 228 g/mol. The highest BCUT2D eigenvalue weighted by molar-refractivity contribution is 5.97. The largest absolute Gasteiger partial charge is 0.493 e. The van der Waals surface area contributed by atoms with Gasteiger partial charge in [0.2, 0.25) is 0 Å². The monoisotopic (exact) mass is 246 g/mol. The van der Waals surface area contributed by atoms with Crippen LogP contribution in [0.1, 0.15) is 13.3 Å². The van der Waals surface area contributed by atoms with E-state index in [1.807, 2.05) is 18.2 Å². The zero-order valence-corrected chi connectivity index (χ0v) is 11.0. The highest BCUT2D eigenvalue weighted by atomic mass is 16.5. The van der Waals surface area contributed by atoms with Gasteiger partial charge in [0.1, 0.15) is 5.82 Å². The Morgan fingerprint density at radius 3 is 2.61 bits per heavy atom. The molecule has 2 aromatic rings. The Morgan fingerprint density at radius 1 is 1.11 bits per heavy atom. The summed E-state index contributed by atoms with van der Waals surface area (Å²) in [5.74, 6) is 2.37. The van der Waals surface area contributed by atoms with Crippen molar-refractivity contribution < 1.29 is 9.47 Å². The number of benzene rings is 1. The zero-order chi connectivity index (χ0) is 13.0. The lowest BCUT2D eigenvalue weighted by Crippen LogP contribution is -2.02. The molecule has 1 N–H and O–H groups in total. The van der Waals surface area contributed by atoms with E-state index in [-0.39, 0.29) is 0 Å². The van der Waals surface area contributed by atoms with E-state index in [1.54, 1.807) is 20.4 Å². The van der Waals surface area contributed by atoms with Crippen LogP contribution in [-0.4, -0.2) is 25.7 Å². The van der Waals surface area contributed by atoms with Gasteiger partial charge in [-0.1, -0.05) is 6.92 Å². The molecule has 4 nitrogen and oxygen atoms in total. The fraction of sp³-hybridized carbons (Fsp3) is 0.357. The molecule has 4 heteroatoms. The summed E-state index contributed by atoms with van der Waals surface area (Å²) in [4.78, 5) is 4.37. The molecule has 0 saturated heterocycles. The zero-order valence-electron chi connectivity index (χ0n) is 11.0. The molecule has 96 valence electrons. The van der Waals surface area contributed by atoms with Crippen LogP contribution in [0.3, 0.4) is 0 Å². The van der Waals surface area contributed by atoms with Crippen molar-refractivity contribution in [2.75, 3.05) is 26.1 Å². The summed E-state index contributed by atoms with van der Waals surface area (Å²) in [5.41, 5.74) is 0. The maximum absolute atomic E-state index is 5.43. The van der Waals surface area contributed by atoms with Crippen molar-refractivity contribution in [3.05, 3.63) is 24.4 Å². The number of pyridine rings is 1. The molecule has 18 heavy (non-hydrogen) atoms. The molecule has 0 amide bonds. The second-order valence-electron chi connectivity index (χ2n) is 3.98. The minimum atomic E-state index is 0.734. The highest BCUT2D eigenvalue weighted by Crippen LogP contribution is 2.37. The quantitative estimate of drug-likeness (QED) is 0.880. The third-order valence-corrected chi connectivity index (χ3v) is 2.83. The normalized spacial score (nSPS) is 10.4. The van der Waals surface area contributed by atoms with Crippen LogP contribution in [0.5, 0.6) is 11.5 Å². The van der Waals surface area contributed by atoms with Crippen molar-refractivity contribution in [3.63, 3.8) is 0 Å². The van der Waals surface area contributed by atoms with Crippen molar-refractivity contribution in [3.8, 4) is 11.5 Å². The smallest absolute Gasteiger partial charge is 0.168 e. The molecule has 0 aliphatic rings. The summed E-state index contributed by atoms with van der Waals surface area (Å²) >= 11 is 0. The van der Waals surface area contributed by atoms with Crippen LogP contribution in [0, 0.1) is 0 Å². The van der Waals surface area contributed by atoms with E-state index in [0.29, 0.717) is 0 Å². The minimum absolute atomic E-state index is 0.734. The number of nitrogens with one attached hydrogen (secondary N) is 1. The number of aromatic nitrogens is 1. The van der Waals surface area contributed by atoms with Gasteiger partial charge in [0.05, 0.1) is 14.2 Å². The molecule has 0 unspecified atom stereocenters. The fourth-order valence-corrected chi connectivity index (χ4v) is 1.96. The van der Waals surface area contributed by atoms with E-state index < -0.39 is 0 Å². The maximum atomic E-state index is 5.43. The van der Waals surface area contributed by atoms with Gasteiger partial charge in [-0.2, -0.15) is 0 Å². The van der Waals surface area contributed by atoms with E-state index in [2.05, 4.69) is 17.2 Å². The number of fused-ring (bicyclic) bond motifs is 1. The summed E-state index contributed by atoms with van der Waals surface area (Å²) in [7, 11) is 3.29. The van der Waals surface area contributed by atoms with E-state index in [4.69, 9.17) is 9.47 Å². The van der Waals surface area contributed by atoms with E-state index in [1.165, 1.54) is 0 Å². The molecule has 0 saturated carbocycles. The van der Waals surface area contributed by atoms with Crippen molar-refractivity contribution in [2.45, 2.75) is 13.3 Å². The van der Waals surface area contributed by atoms with Crippen molar-refractivity contribution in [1.29, 1.82) is 0 Å². The Morgan fingerprint density at radius 2 is 1.94 bits per heavy atom. The van der Waals surface area contributed by atoms with Crippen molar-refractivity contribution in [1.82, 2.24) is 4.98 Å². The van der Waals surface area contributed by atoms with Crippen LogP contribution in [0.25, 0.3) is 10.8 Å². The number of nitrogens with zero attached hydrogens (tertiary/aromatic N) is 1. The van der Waals surface area contributed by atoms with Crippen molar-refractivity contribution in [2.24, 2.45) is 0 Å². The molecule has 0 atom stereocenters. The summed E-state index contributed by atoms with van der Waals surface area (Å²) in [6, 6.07) is 5.84. The third-order valence-electron chi connectivity index (χ3n) is 2.83.